The van der Waals surface area contributed by atoms with Gasteiger partial charge in [0.15, 0.2) is 22.7 Å². The normalized spacial score (nSPS) is 14.8. The summed E-state index contributed by atoms with van der Waals surface area (Å²) < 4.78 is 15.7. The maximum absolute atomic E-state index is 13.2. The molecule has 0 aliphatic heterocycles. The number of nitrogens with one attached hydrogen (secondary N) is 1. The summed E-state index contributed by atoms with van der Waals surface area (Å²) >= 11 is 1.38. The van der Waals surface area contributed by atoms with E-state index < -0.39 is 18.0 Å². The highest BCUT2D eigenvalue weighted by Gasteiger charge is 2.33. The number of hydrogen-bond acceptors (Lipinski definition) is 8. The zero-order valence-corrected chi connectivity index (χ0v) is 19.9. The van der Waals surface area contributed by atoms with Gasteiger partial charge in [-0.2, -0.15) is 0 Å². The lowest BCUT2D eigenvalue weighted by Gasteiger charge is -2.33. The third-order valence-electron chi connectivity index (χ3n) is 5.50. The molecule has 1 aromatic carbocycles. The zero-order valence-electron chi connectivity index (χ0n) is 19.0. The van der Waals surface area contributed by atoms with E-state index in [2.05, 4.69) is 10.3 Å². The molecule has 9 nitrogen and oxygen atoms in total. The Labute approximate surface area is 197 Å². The number of nitrogens with zero attached hydrogens (tertiary/aromatic N) is 2. The molecule has 33 heavy (non-hydrogen) atoms. The van der Waals surface area contributed by atoms with Gasteiger partial charge in [-0.05, 0) is 38.0 Å². The van der Waals surface area contributed by atoms with Gasteiger partial charge >= 0.3 is 5.97 Å². The van der Waals surface area contributed by atoms with Gasteiger partial charge in [-0.3, -0.25) is 19.3 Å². The Morgan fingerprint density at radius 1 is 1.15 bits per heavy atom. The van der Waals surface area contributed by atoms with Gasteiger partial charge in [0.1, 0.15) is 6.54 Å². The molecule has 3 rings (SSSR count). The molecule has 0 radical (unpaired) electrons. The molecule has 1 unspecified atom stereocenters. The third kappa shape index (κ3) is 6.22. The van der Waals surface area contributed by atoms with Crippen LogP contribution >= 0.6 is 11.3 Å². The Morgan fingerprint density at radius 3 is 2.52 bits per heavy atom. The molecule has 10 heteroatoms. The summed E-state index contributed by atoms with van der Waals surface area (Å²) in [6, 6.07) is 4.72. The van der Waals surface area contributed by atoms with E-state index in [0.29, 0.717) is 22.2 Å². The standard InChI is InChI=1S/C23H29N3O6S/c1-15(22(29)26(23-24-11-12-33-23)17-7-5-4-6-8-17)32-20(27)14-25-21(28)16-9-10-18(30-2)19(13-16)31-3/h9-13,15,17H,4-8,14H2,1-3H3,(H,25,28). The average molecular weight is 476 g/mol. The van der Waals surface area contributed by atoms with E-state index in [1.807, 2.05) is 5.38 Å². The Kier molecular flexibility index (Phi) is 8.65. The second-order valence-electron chi connectivity index (χ2n) is 7.70. The van der Waals surface area contributed by atoms with Crippen LogP contribution in [0.25, 0.3) is 0 Å². The molecule has 1 aliphatic carbocycles. The minimum atomic E-state index is -0.999. The topological polar surface area (TPSA) is 107 Å². The van der Waals surface area contributed by atoms with Gasteiger partial charge in [0, 0.05) is 23.2 Å². The van der Waals surface area contributed by atoms with Crippen molar-refractivity contribution < 1.29 is 28.6 Å². The number of hydrogen-bond donors (Lipinski definition) is 1. The molecular weight excluding hydrogens is 446 g/mol. The summed E-state index contributed by atoms with van der Waals surface area (Å²) in [4.78, 5) is 43.9. The molecule has 1 atom stereocenters. The number of ether oxygens (including phenoxy) is 3. The molecular formula is C23H29N3O6S. The van der Waals surface area contributed by atoms with Crippen molar-refractivity contribution in [3.8, 4) is 11.5 Å². The van der Waals surface area contributed by atoms with Crippen LogP contribution in [0.4, 0.5) is 5.13 Å². The summed E-state index contributed by atoms with van der Waals surface area (Å²) in [5.41, 5.74) is 0.303. The van der Waals surface area contributed by atoms with Crippen LogP contribution in [-0.2, 0) is 14.3 Å². The number of esters is 1. The number of carbonyl (C=O) groups excluding carboxylic acids is 3. The summed E-state index contributed by atoms with van der Waals surface area (Å²) in [5.74, 6) is -0.595. The smallest absolute Gasteiger partial charge is 0.326 e. The van der Waals surface area contributed by atoms with Gasteiger partial charge in [-0.1, -0.05) is 19.3 Å². The quantitative estimate of drug-likeness (QED) is 0.555. The maximum atomic E-state index is 13.2. The summed E-state index contributed by atoms with van der Waals surface area (Å²) in [6.07, 6.45) is 5.71. The van der Waals surface area contributed by atoms with Gasteiger partial charge < -0.3 is 19.5 Å². The highest BCUT2D eigenvalue weighted by molar-refractivity contribution is 7.13. The highest BCUT2D eigenvalue weighted by atomic mass is 32.1. The van der Waals surface area contributed by atoms with E-state index >= 15 is 0 Å². The molecule has 2 aromatic rings. The molecule has 1 fully saturated rings. The number of rotatable bonds is 9. The van der Waals surface area contributed by atoms with Crippen LogP contribution in [0, 0.1) is 0 Å². The van der Waals surface area contributed by atoms with Gasteiger partial charge in [-0.25, -0.2) is 4.98 Å². The number of amides is 2. The highest BCUT2D eigenvalue weighted by Crippen LogP contribution is 2.30. The molecule has 1 N–H and O–H groups in total. The second kappa shape index (κ2) is 11.6. The van der Waals surface area contributed by atoms with Crippen molar-refractivity contribution in [1.29, 1.82) is 0 Å². The molecule has 0 saturated heterocycles. The third-order valence-corrected chi connectivity index (χ3v) is 6.27. The van der Waals surface area contributed by atoms with Crippen molar-refractivity contribution in [2.45, 2.75) is 51.2 Å². The number of thiazole rings is 1. The van der Waals surface area contributed by atoms with Crippen molar-refractivity contribution >= 4 is 34.3 Å². The van der Waals surface area contributed by atoms with Crippen molar-refractivity contribution in [3.05, 3.63) is 35.3 Å². The van der Waals surface area contributed by atoms with E-state index in [1.165, 1.54) is 31.6 Å². The zero-order chi connectivity index (χ0) is 23.8. The largest absolute Gasteiger partial charge is 0.493 e. The van der Waals surface area contributed by atoms with Gasteiger partial charge in [-0.15, -0.1) is 11.3 Å². The van der Waals surface area contributed by atoms with Gasteiger partial charge in [0.25, 0.3) is 11.8 Å². The first-order valence-electron chi connectivity index (χ1n) is 10.9. The van der Waals surface area contributed by atoms with Crippen LogP contribution in [0.15, 0.2) is 29.8 Å². The SMILES string of the molecule is COc1ccc(C(=O)NCC(=O)OC(C)C(=O)N(c2nccs2)C2CCCCC2)cc1OC. The van der Waals surface area contributed by atoms with E-state index in [4.69, 9.17) is 14.2 Å². The predicted octanol–water partition coefficient (Wildman–Crippen LogP) is 3.19. The predicted molar refractivity (Wildman–Crippen MR) is 124 cm³/mol. The molecule has 1 heterocycles. The van der Waals surface area contributed by atoms with Crippen LogP contribution in [0.1, 0.15) is 49.4 Å². The first kappa shape index (κ1) is 24.5. The lowest BCUT2D eigenvalue weighted by atomic mass is 9.94. The van der Waals surface area contributed by atoms with E-state index in [1.54, 1.807) is 30.2 Å². The van der Waals surface area contributed by atoms with Crippen LogP contribution < -0.4 is 19.7 Å². The Bertz CT molecular complexity index is 959. The van der Waals surface area contributed by atoms with Crippen molar-refractivity contribution in [2.24, 2.45) is 0 Å². The second-order valence-corrected chi connectivity index (χ2v) is 8.57. The number of carbonyl (C=O) groups is 3. The van der Waals surface area contributed by atoms with E-state index in [9.17, 15) is 14.4 Å². The number of benzene rings is 1. The van der Waals surface area contributed by atoms with Crippen LogP contribution in [-0.4, -0.2) is 55.7 Å². The summed E-state index contributed by atoms with van der Waals surface area (Å²) in [6.45, 7) is 1.17. The fourth-order valence-electron chi connectivity index (χ4n) is 3.82. The molecule has 0 spiro atoms. The Morgan fingerprint density at radius 2 is 1.88 bits per heavy atom. The molecule has 1 aliphatic rings. The van der Waals surface area contributed by atoms with Crippen LogP contribution in [0.5, 0.6) is 11.5 Å². The van der Waals surface area contributed by atoms with Crippen molar-refractivity contribution in [2.75, 3.05) is 25.7 Å². The fraction of sp³-hybridized carbons (Fsp3) is 0.478. The number of aromatic nitrogens is 1. The molecule has 1 aromatic heterocycles. The molecule has 2 amide bonds. The molecule has 1 saturated carbocycles. The first-order valence-corrected chi connectivity index (χ1v) is 11.7. The van der Waals surface area contributed by atoms with Crippen LogP contribution in [0.2, 0.25) is 0 Å². The monoisotopic (exact) mass is 475 g/mol. The molecule has 0 bridgehead atoms. The van der Waals surface area contributed by atoms with Crippen LogP contribution in [0.3, 0.4) is 0 Å². The Balaban J connectivity index is 1.57. The molecule has 178 valence electrons. The fourth-order valence-corrected chi connectivity index (χ4v) is 4.54. The lowest BCUT2D eigenvalue weighted by Crippen LogP contribution is -2.47. The number of anilines is 1. The van der Waals surface area contributed by atoms with E-state index in [0.717, 1.165) is 32.1 Å². The van der Waals surface area contributed by atoms with Gasteiger partial charge in [0.05, 0.1) is 14.2 Å². The maximum Gasteiger partial charge on any atom is 0.326 e. The first-order chi connectivity index (χ1) is 15.9. The van der Waals surface area contributed by atoms with Crippen molar-refractivity contribution in [1.82, 2.24) is 10.3 Å². The summed E-state index contributed by atoms with van der Waals surface area (Å²) in [5, 5.41) is 4.93. The minimum Gasteiger partial charge on any atom is -0.493 e. The Hall–Kier alpha value is -3.14. The van der Waals surface area contributed by atoms with E-state index in [-0.39, 0.29) is 18.5 Å². The average Bonchev–Trinajstić information content (AvgIpc) is 3.37. The minimum absolute atomic E-state index is 0.0447. The van der Waals surface area contributed by atoms with Crippen molar-refractivity contribution in [3.63, 3.8) is 0 Å². The van der Waals surface area contributed by atoms with Gasteiger partial charge in [0.2, 0.25) is 0 Å². The number of methoxy groups -OCH3 is 2. The summed E-state index contributed by atoms with van der Waals surface area (Å²) in [7, 11) is 2.97. The lowest BCUT2D eigenvalue weighted by molar-refractivity contribution is -0.153.